The van der Waals surface area contributed by atoms with Crippen LogP contribution in [0.1, 0.15) is 0 Å². The molecule has 1 aliphatic rings. The lowest BCUT2D eigenvalue weighted by molar-refractivity contribution is 0.627. The maximum atomic E-state index is 13.3. The van der Waals surface area contributed by atoms with Gasteiger partial charge < -0.3 is 10.3 Å². The largest absolute Gasteiger partial charge is 0.369 e. The maximum Gasteiger partial charge on any atom is 0.201 e. The number of nitrogens with zero attached hydrogens (tertiary/aromatic N) is 2. The molecule has 0 saturated carbocycles. The highest BCUT2D eigenvalue weighted by Crippen LogP contribution is 2.28. The summed E-state index contributed by atoms with van der Waals surface area (Å²) in [6.07, 6.45) is 0. The summed E-state index contributed by atoms with van der Waals surface area (Å²) in [5.74, 6) is 3.76. The predicted octanol–water partition coefficient (Wildman–Crippen LogP) is 2.61. The molecule has 2 heterocycles. The van der Waals surface area contributed by atoms with Gasteiger partial charge in [-0.3, -0.25) is 0 Å². The second kappa shape index (κ2) is 5.01. The van der Waals surface area contributed by atoms with Crippen molar-refractivity contribution in [2.24, 2.45) is 0 Å². The van der Waals surface area contributed by atoms with Crippen LogP contribution in [-0.2, 0) is 6.54 Å². The van der Waals surface area contributed by atoms with Crippen molar-refractivity contribution in [2.45, 2.75) is 11.8 Å². The highest BCUT2D eigenvalue weighted by molar-refractivity contribution is 8.06. The van der Waals surface area contributed by atoms with E-state index < -0.39 is 0 Å². The van der Waals surface area contributed by atoms with Crippen molar-refractivity contribution in [3.8, 4) is 0 Å². The van der Waals surface area contributed by atoms with Crippen LogP contribution < -0.4 is 5.73 Å². The molecule has 0 bridgehead atoms. The molecule has 6 heteroatoms. The molecule has 0 aliphatic carbocycles. The number of benzene rings is 1. The quantitative estimate of drug-likeness (QED) is 0.920. The van der Waals surface area contributed by atoms with E-state index in [9.17, 15) is 4.39 Å². The molecule has 1 unspecified atom stereocenters. The molecule has 96 valence electrons. The van der Waals surface area contributed by atoms with Gasteiger partial charge >= 0.3 is 0 Å². The molecule has 1 atom stereocenters. The first-order valence-corrected chi connectivity index (χ1v) is 8.05. The number of anilines is 1. The van der Waals surface area contributed by atoms with E-state index in [1.54, 1.807) is 6.07 Å². The fraction of sp³-hybridized carbons (Fsp3) is 0.417. The third kappa shape index (κ3) is 2.31. The average molecular weight is 283 g/mol. The Hall–Kier alpha value is -0.880. The van der Waals surface area contributed by atoms with Gasteiger partial charge in [0.15, 0.2) is 0 Å². The lowest BCUT2D eigenvalue weighted by Gasteiger charge is -2.22. The first-order valence-electron chi connectivity index (χ1n) is 5.84. The lowest BCUT2D eigenvalue weighted by atomic mass is 10.3. The van der Waals surface area contributed by atoms with Crippen molar-refractivity contribution in [1.29, 1.82) is 0 Å². The van der Waals surface area contributed by atoms with Crippen LogP contribution in [-0.4, -0.2) is 32.1 Å². The number of aromatic nitrogens is 2. The van der Waals surface area contributed by atoms with Gasteiger partial charge in [0.05, 0.1) is 11.0 Å². The topological polar surface area (TPSA) is 43.8 Å². The van der Waals surface area contributed by atoms with Crippen LogP contribution in [0.5, 0.6) is 0 Å². The van der Waals surface area contributed by atoms with Gasteiger partial charge in [0.2, 0.25) is 5.95 Å². The Balaban J connectivity index is 1.94. The highest BCUT2D eigenvalue weighted by Gasteiger charge is 2.18. The summed E-state index contributed by atoms with van der Waals surface area (Å²) in [4.78, 5) is 4.28. The monoisotopic (exact) mass is 283 g/mol. The van der Waals surface area contributed by atoms with Gasteiger partial charge in [0.1, 0.15) is 5.82 Å². The minimum absolute atomic E-state index is 0.241. The number of rotatable bonds is 2. The van der Waals surface area contributed by atoms with E-state index in [0.29, 0.717) is 11.2 Å². The molecule has 3 rings (SSSR count). The average Bonchev–Trinajstić information content (AvgIpc) is 2.67. The summed E-state index contributed by atoms with van der Waals surface area (Å²) in [5.41, 5.74) is 7.50. The minimum atomic E-state index is -0.241. The van der Waals surface area contributed by atoms with Crippen LogP contribution >= 0.6 is 23.5 Å². The van der Waals surface area contributed by atoms with Crippen molar-refractivity contribution in [3.63, 3.8) is 0 Å². The molecule has 2 N–H and O–H groups in total. The predicted molar refractivity (Wildman–Crippen MR) is 77.7 cm³/mol. The van der Waals surface area contributed by atoms with Gasteiger partial charge in [0, 0.05) is 29.1 Å². The van der Waals surface area contributed by atoms with Crippen LogP contribution in [0.3, 0.4) is 0 Å². The van der Waals surface area contributed by atoms with Crippen LogP contribution in [0, 0.1) is 5.82 Å². The number of fused-ring (bicyclic) bond motifs is 1. The maximum absolute atomic E-state index is 13.3. The second-order valence-corrected chi connectivity index (χ2v) is 6.84. The second-order valence-electron chi connectivity index (χ2n) is 4.28. The molecule has 1 aliphatic heterocycles. The lowest BCUT2D eigenvalue weighted by Crippen LogP contribution is -2.21. The van der Waals surface area contributed by atoms with Gasteiger partial charge in [-0.1, -0.05) is 0 Å². The normalized spacial score (nSPS) is 20.4. The number of imidazole rings is 1. The summed E-state index contributed by atoms with van der Waals surface area (Å²) >= 11 is 3.93. The molecule has 0 radical (unpaired) electrons. The van der Waals surface area contributed by atoms with Crippen LogP contribution in [0.15, 0.2) is 18.2 Å². The molecule has 1 aromatic carbocycles. The fourth-order valence-corrected chi connectivity index (χ4v) is 4.80. The number of halogens is 1. The van der Waals surface area contributed by atoms with Crippen molar-refractivity contribution < 1.29 is 4.39 Å². The molecule has 18 heavy (non-hydrogen) atoms. The molecule has 0 spiro atoms. The summed E-state index contributed by atoms with van der Waals surface area (Å²) in [7, 11) is 0. The van der Waals surface area contributed by atoms with E-state index in [4.69, 9.17) is 5.73 Å². The number of nitrogen functional groups attached to an aromatic ring is 1. The van der Waals surface area contributed by atoms with Gasteiger partial charge in [-0.15, -0.1) is 0 Å². The summed E-state index contributed by atoms with van der Waals surface area (Å²) in [6, 6.07) is 4.62. The standard InChI is InChI=1S/C12H14FN3S2/c13-8-1-2-10-11(5-8)16(12(14)15-10)6-9-7-17-3-4-18-9/h1-2,5,9H,3-4,6-7H2,(H2,14,15). The van der Waals surface area contributed by atoms with Gasteiger partial charge in [0.25, 0.3) is 0 Å². The molecule has 1 aromatic heterocycles. The summed E-state index contributed by atoms with van der Waals surface area (Å²) < 4.78 is 15.2. The Morgan fingerprint density at radius 3 is 3.11 bits per heavy atom. The van der Waals surface area contributed by atoms with Crippen LogP contribution in [0.4, 0.5) is 10.3 Å². The molecule has 1 fully saturated rings. The number of thioether (sulfide) groups is 2. The zero-order valence-electron chi connectivity index (χ0n) is 9.80. The third-order valence-corrected chi connectivity index (χ3v) is 5.84. The van der Waals surface area contributed by atoms with Gasteiger partial charge in [-0.25, -0.2) is 9.37 Å². The van der Waals surface area contributed by atoms with Crippen molar-refractivity contribution in [1.82, 2.24) is 9.55 Å². The molecule has 0 amide bonds. The Labute approximate surface area is 113 Å². The summed E-state index contributed by atoms with van der Waals surface area (Å²) in [5, 5.41) is 0.534. The van der Waals surface area contributed by atoms with Gasteiger partial charge in [-0.05, 0) is 18.2 Å². The Bertz CT molecular complexity index is 564. The van der Waals surface area contributed by atoms with Gasteiger partial charge in [-0.2, -0.15) is 23.5 Å². The van der Waals surface area contributed by atoms with E-state index in [1.807, 2.05) is 28.1 Å². The van der Waals surface area contributed by atoms with Crippen molar-refractivity contribution in [2.75, 3.05) is 23.0 Å². The Kier molecular flexibility index (Phi) is 3.39. The Morgan fingerprint density at radius 1 is 1.44 bits per heavy atom. The van der Waals surface area contributed by atoms with E-state index in [1.165, 1.54) is 23.6 Å². The zero-order valence-corrected chi connectivity index (χ0v) is 11.4. The number of nitrogens with two attached hydrogens (primary N) is 1. The van der Waals surface area contributed by atoms with Crippen molar-refractivity contribution >= 4 is 40.5 Å². The van der Waals surface area contributed by atoms with Crippen LogP contribution in [0.25, 0.3) is 11.0 Å². The summed E-state index contributed by atoms with van der Waals surface area (Å²) in [6.45, 7) is 0.809. The van der Waals surface area contributed by atoms with Crippen molar-refractivity contribution in [3.05, 3.63) is 24.0 Å². The van der Waals surface area contributed by atoms with E-state index >= 15 is 0 Å². The first-order chi connectivity index (χ1) is 8.74. The number of hydrogen-bond donors (Lipinski definition) is 1. The fourth-order valence-electron chi connectivity index (χ4n) is 2.15. The molecule has 3 nitrogen and oxygen atoms in total. The molecular weight excluding hydrogens is 269 g/mol. The van der Waals surface area contributed by atoms with E-state index in [2.05, 4.69) is 4.98 Å². The SMILES string of the molecule is Nc1nc2ccc(F)cc2n1CC1CSCCS1. The Morgan fingerprint density at radius 2 is 2.33 bits per heavy atom. The third-order valence-electron chi connectivity index (χ3n) is 3.01. The highest BCUT2D eigenvalue weighted by atomic mass is 32.2. The van der Waals surface area contributed by atoms with E-state index in [0.717, 1.165) is 23.3 Å². The van der Waals surface area contributed by atoms with E-state index in [-0.39, 0.29) is 5.82 Å². The molecular formula is C12H14FN3S2. The molecule has 2 aromatic rings. The minimum Gasteiger partial charge on any atom is -0.369 e. The first kappa shape index (κ1) is 12.2. The number of hydrogen-bond acceptors (Lipinski definition) is 4. The molecule has 1 saturated heterocycles. The zero-order chi connectivity index (χ0) is 12.5. The smallest absolute Gasteiger partial charge is 0.201 e. The van der Waals surface area contributed by atoms with Crippen LogP contribution in [0.2, 0.25) is 0 Å².